The molecule has 0 aliphatic carbocycles. The minimum atomic E-state index is -0.252. The van der Waals surface area contributed by atoms with E-state index in [1.165, 1.54) is 6.07 Å². The van der Waals surface area contributed by atoms with Gasteiger partial charge in [-0.05, 0) is 24.3 Å². The van der Waals surface area contributed by atoms with Crippen LogP contribution in [0.15, 0.2) is 36.7 Å². The summed E-state index contributed by atoms with van der Waals surface area (Å²) < 4.78 is 13.9. The summed E-state index contributed by atoms with van der Waals surface area (Å²) in [5, 5.41) is 8.84. The molecule has 5 nitrogen and oxygen atoms in total. The molecule has 0 spiro atoms. The maximum absolute atomic E-state index is 13.9. The molecule has 2 aliphatic heterocycles. The summed E-state index contributed by atoms with van der Waals surface area (Å²) in [7, 11) is 0. The molecule has 0 bridgehead atoms. The van der Waals surface area contributed by atoms with E-state index in [-0.39, 0.29) is 5.82 Å². The number of rotatable bonds is 2. The van der Waals surface area contributed by atoms with Crippen molar-refractivity contribution in [1.82, 2.24) is 9.97 Å². The van der Waals surface area contributed by atoms with Gasteiger partial charge < -0.3 is 9.80 Å². The summed E-state index contributed by atoms with van der Waals surface area (Å²) in [6.45, 7) is 3.47. The van der Waals surface area contributed by atoms with Gasteiger partial charge in [0, 0.05) is 50.4 Å². The Morgan fingerprint density at radius 1 is 1.04 bits per heavy atom. The quantitative estimate of drug-likeness (QED) is 0.850. The monoisotopic (exact) mass is 309 g/mol. The zero-order valence-electron chi connectivity index (χ0n) is 12.6. The predicted octanol–water partition coefficient (Wildman–Crippen LogP) is 2.06. The molecule has 2 aliphatic rings. The van der Waals surface area contributed by atoms with Gasteiger partial charge in [-0.3, -0.25) is 0 Å². The Balaban J connectivity index is 1.46. The van der Waals surface area contributed by atoms with Gasteiger partial charge in [-0.25, -0.2) is 14.4 Å². The average Bonchev–Trinajstić information content (AvgIpc) is 3.14. The van der Waals surface area contributed by atoms with Crippen molar-refractivity contribution in [3.8, 4) is 6.07 Å². The lowest BCUT2D eigenvalue weighted by Crippen LogP contribution is -2.30. The van der Waals surface area contributed by atoms with Crippen molar-refractivity contribution in [2.24, 2.45) is 11.8 Å². The molecule has 6 heteroatoms. The fraction of sp³-hybridized carbons (Fsp3) is 0.353. The second-order valence-electron chi connectivity index (χ2n) is 6.16. The zero-order chi connectivity index (χ0) is 15.8. The molecule has 2 unspecified atom stereocenters. The third kappa shape index (κ3) is 2.48. The zero-order valence-corrected chi connectivity index (χ0v) is 12.6. The van der Waals surface area contributed by atoms with Crippen LogP contribution in [0, 0.1) is 29.0 Å². The highest BCUT2D eigenvalue weighted by Crippen LogP contribution is 2.35. The molecule has 0 radical (unpaired) electrons. The lowest BCUT2D eigenvalue weighted by atomic mass is 10.0. The number of halogens is 1. The van der Waals surface area contributed by atoms with Gasteiger partial charge in [0.1, 0.15) is 11.9 Å². The van der Waals surface area contributed by atoms with E-state index >= 15 is 0 Å². The van der Waals surface area contributed by atoms with E-state index in [0.29, 0.717) is 23.2 Å². The molecular formula is C17H16FN5. The Kier molecular flexibility index (Phi) is 3.34. The van der Waals surface area contributed by atoms with Gasteiger partial charge in [0.25, 0.3) is 0 Å². The van der Waals surface area contributed by atoms with Crippen LogP contribution in [-0.2, 0) is 0 Å². The Bertz CT molecular complexity index is 740. The highest BCUT2D eigenvalue weighted by Gasteiger charge is 2.41. The molecule has 116 valence electrons. The number of anilines is 2. The van der Waals surface area contributed by atoms with Gasteiger partial charge in [0.2, 0.25) is 0 Å². The van der Waals surface area contributed by atoms with Gasteiger partial charge in [-0.15, -0.1) is 0 Å². The van der Waals surface area contributed by atoms with Crippen LogP contribution >= 0.6 is 0 Å². The molecule has 4 heterocycles. The summed E-state index contributed by atoms with van der Waals surface area (Å²) >= 11 is 0. The minimum absolute atomic E-state index is 0.252. The van der Waals surface area contributed by atoms with Crippen molar-refractivity contribution in [1.29, 1.82) is 5.26 Å². The second-order valence-corrected chi connectivity index (χ2v) is 6.16. The van der Waals surface area contributed by atoms with E-state index in [1.807, 2.05) is 11.0 Å². The van der Waals surface area contributed by atoms with Crippen molar-refractivity contribution >= 4 is 11.6 Å². The van der Waals surface area contributed by atoms with Gasteiger partial charge in [0.05, 0.1) is 5.56 Å². The molecule has 23 heavy (non-hydrogen) atoms. The van der Waals surface area contributed by atoms with Gasteiger partial charge in [0.15, 0.2) is 11.6 Å². The molecule has 0 aromatic carbocycles. The van der Waals surface area contributed by atoms with E-state index < -0.39 is 0 Å². The van der Waals surface area contributed by atoms with Crippen LogP contribution in [-0.4, -0.2) is 36.1 Å². The van der Waals surface area contributed by atoms with Crippen molar-refractivity contribution in [3.63, 3.8) is 0 Å². The van der Waals surface area contributed by atoms with Crippen LogP contribution in [0.3, 0.4) is 0 Å². The lowest BCUT2D eigenvalue weighted by molar-refractivity contribution is 0.533. The Labute approximate surface area is 134 Å². The number of fused-ring (bicyclic) bond motifs is 1. The van der Waals surface area contributed by atoms with Crippen LogP contribution in [0.4, 0.5) is 16.0 Å². The van der Waals surface area contributed by atoms with Crippen molar-refractivity contribution in [2.45, 2.75) is 0 Å². The number of hydrogen-bond acceptors (Lipinski definition) is 5. The van der Waals surface area contributed by atoms with E-state index in [9.17, 15) is 4.39 Å². The SMILES string of the molecule is N#Cc1ccc(N2CC3CN(c4ncccc4F)CC3C2)nc1. The number of nitriles is 1. The Morgan fingerprint density at radius 3 is 2.39 bits per heavy atom. The maximum Gasteiger partial charge on any atom is 0.165 e. The molecule has 2 saturated heterocycles. The number of aromatic nitrogens is 2. The number of nitrogens with zero attached hydrogens (tertiary/aromatic N) is 5. The fourth-order valence-electron chi connectivity index (χ4n) is 3.60. The first-order valence-corrected chi connectivity index (χ1v) is 7.71. The molecule has 2 aromatic rings. The second kappa shape index (κ2) is 5.51. The fourth-order valence-corrected chi connectivity index (χ4v) is 3.60. The van der Waals surface area contributed by atoms with Gasteiger partial charge in [-0.2, -0.15) is 5.26 Å². The first-order chi connectivity index (χ1) is 11.2. The van der Waals surface area contributed by atoms with Crippen LogP contribution < -0.4 is 9.80 Å². The highest BCUT2D eigenvalue weighted by atomic mass is 19.1. The van der Waals surface area contributed by atoms with Gasteiger partial charge in [-0.1, -0.05) is 0 Å². The summed E-state index contributed by atoms with van der Waals surface area (Å²) in [6.07, 6.45) is 3.25. The molecule has 2 fully saturated rings. The number of pyridine rings is 2. The van der Waals surface area contributed by atoms with Crippen LogP contribution in [0.5, 0.6) is 0 Å². The highest BCUT2D eigenvalue weighted by molar-refractivity contribution is 5.46. The van der Waals surface area contributed by atoms with Crippen LogP contribution in [0.1, 0.15) is 5.56 Å². The third-order valence-corrected chi connectivity index (χ3v) is 4.73. The van der Waals surface area contributed by atoms with Crippen LogP contribution in [0.2, 0.25) is 0 Å². The topological polar surface area (TPSA) is 56.1 Å². The van der Waals surface area contributed by atoms with Gasteiger partial charge >= 0.3 is 0 Å². The van der Waals surface area contributed by atoms with Crippen molar-refractivity contribution < 1.29 is 4.39 Å². The summed E-state index contributed by atoms with van der Waals surface area (Å²) in [5.74, 6) is 2.11. The van der Waals surface area contributed by atoms with Crippen LogP contribution in [0.25, 0.3) is 0 Å². The first-order valence-electron chi connectivity index (χ1n) is 7.71. The standard InChI is InChI=1S/C17H16FN5/c18-15-2-1-5-20-17(15)23-10-13-8-22(9-14(13)11-23)16-4-3-12(6-19)7-21-16/h1-5,7,13-14H,8-11H2. The maximum atomic E-state index is 13.9. The van der Waals surface area contributed by atoms with Crippen molar-refractivity contribution in [3.05, 3.63) is 48.0 Å². The average molecular weight is 309 g/mol. The molecule has 0 amide bonds. The lowest BCUT2D eigenvalue weighted by Gasteiger charge is -2.23. The Morgan fingerprint density at radius 2 is 1.78 bits per heavy atom. The smallest absolute Gasteiger partial charge is 0.165 e. The third-order valence-electron chi connectivity index (χ3n) is 4.73. The molecule has 4 rings (SSSR count). The molecular weight excluding hydrogens is 293 g/mol. The van der Waals surface area contributed by atoms with Crippen molar-refractivity contribution in [2.75, 3.05) is 36.0 Å². The van der Waals surface area contributed by atoms with E-state index in [0.717, 1.165) is 32.0 Å². The molecule has 2 aromatic heterocycles. The predicted molar refractivity (Wildman–Crippen MR) is 84.6 cm³/mol. The molecule has 0 N–H and O–H groups in total. The number of hydrogen-bond donors (Lipinski definition) is 0. The first kappa shape index (κ1) is 13.9. The largest absolute Gasteiger partial charge is 0.356 e. The summed E-state index contributed by atoms with van der Waals surface area (Å²) in [4.78, 5) is 12.8. The van der Waals surface area contributed by atoms with E-state index in [4.69, 9.17) is 5.26 Å². The summed E-state index contributed by atoms with van der Waals surface area (Å²) in [5.41, 5.74) is 0.574. The van der Waals surface area contributed by atoms with E-state index in [2.05, 4.69) is 20.9 Å². The van der Waals surface area contributed by atoms with E-state index in [1.54, 1.807) is 24.5 Å². The Hall–Kier alpha value is -2.68. The molecule has 0 saturated carbocycles. The normalized spacial score (nSPS) is 23.0. The minimum Gasteiger partial charge on any atom is -0.356 e. The summed E-state index contributed by atoms with van der Waals surface area (Å²) in [6, 6.07) is 8.86. The molecule has 2 atom stereocenters.